The van der Waals surface area contributed by atoms with Crippen LogP contribution >= 0.6 is 0 Å². The van der Waals surface area contributed by atoms with Gasteiger partial charge in [0.25, 0.3) is 5.91 Å². The van der Waals surface area contributed by atoms with E-state index in [-0.39, 0.29) is 11.4 Å². The number of para-hydroxylation sites is 1. The lowest BCUT2D eigenvalue weighted by atomic mass is 10.2. The Morgan fingerprint density at radius 2 is 1.78 bits per heavy atom. The molecule has 7 nitrogen and oxygen atoms in total. The summed E-state index contributed by atoms with van der Waals surface area (Å²) in [6.07, 6.45) is 0.755. The number of aryl methyl sites for hydroxylation is 1. The van der Waals surface area contributed by atoms with Gasteiger partial charge in [-0.1, -0.05) is 12.1 Å². The Hall–Kier alpha value is -3.68. The largest absolute Gasteiger partial charge is 0.497 e. The molecule has 4 rings (SSSR count). The van der Waals surface area contributed by atoms with Gasteiger partial charge in [0.15, 0.2) is 5.69 Å². The first-order chi connectivity index (χ1) is 15.5. The Morgan fingerprint density at radius 3 is 2.50 bits per heavy atom. The van der Waals surface area contributed by atoms with Crippen molar-refractivity contribution in [1.82, 2.24) is 14.7 Å². The standard InChI is InChI=1S/C24H25FN4O3/c1-17-16-22(30)23(26-29(17)21-7-4-3-6-20(21)25)24(31)28-13-5-12-27(14-15-28)18-8-10-19(32-2)11-9-18/h3-4,6-11,16H,5,12-15H2,1-2H3. The van der Waals surface area contributed by atoms with Gasteiger partial charge in [0.1, 0.15) is 17.3 Å². The Labute approximate surface area is 185 Å². The van der Waals surface area contributed by atoms with Crippen molar-refractivity contribution in [2.24, 2.45) is 0 Å². The Balaban J connectivity index is 1.56. The molecule has 1 amide bonds. The summed E-state index contributed by atoms with van der Waals surface area (Å²) < 4.78 is 20.8. The highest BCUT2D eigenvalue weighted by Crippen LogP contribution is 2.21. The third kappa shape index (κ3) is 4.34. The van der Waals surface area contributed by atoms with Crippen LogP contribution in [0.3, 0.4) is 0 Å². The third-order valence-electron chi connectivity index (χ3n) is 5.61. The summed E-state index contributed by atoms with van der Waals surface area (Å²) in [6.45, 7) is 4.05. The highest BCUT2D eigenvalue weighted by molar-refractivity contribution is 5.92. The quantitative estimate of drug-likeness (QED) is 0.629. The van der Waals surface area contributed by atoms with Crippen LogP contribution in [0, 0.1) is 12.7 Å². The molecule has 0 spiro atoms. The molecule has 1 aromatic heterocycles. The van der Waals surface area contributed by atoms with Crippen molar-refractivity contribution in [1.29, 1.82) is 0 Å². The van der Waals surface area contributed by atoms with Crippen LogP contribution in [0.1, 0.15) is 22.6 Å². The van der Waals surface area contributed by atoms with Crippen molar-refractivity contribution in [3.05, 3.63) is 82.0 Å². The molecular formula is C24H25FN4O3. The van der Waals surface area contributed by atoms with Gasteiger partial charge in [0, 0.05) is 43.6 Å². The highest BCUT2D eigenvalue weighted by atomic mass is 19.1. The number of hydrogen-bond donors (Lipinski definition) is 0. The normalized spacial score (nSPS) is 14.2. The Morgan fingerprint density at radius 1 is 1.03 bits per heavy atom. The summed E-state index contributed by atoms with van der Waals surface area (Å²) in [5, 5.41) is 4.25. The number of halogens is 1. The zero-order valence-electron chi connectivity index (χ0n) is 18.1. The van der Waals surface area contributed by atoms with Gasteiger partial charge < -0.3 is 14.5 Å². The molecule has 1 aliphatic rings. The topological polar surface area (TPSA) is 67.7 Å². The van der Waals surface area contributed by atoms with E-state index in [1.807, 2.05) is 24.3 Å². The maximum Gasteiger partial charge on any atom is 0.278 e. The molecule has 166 valence electrons. The van der Waals surface area contributed by atoms with E-state index in [9.17, 15) is 14.0 Å². The molecule has 2 heterocycles. The van der Waals surface area contributed by atoms with Gasteiger partial charge >= 0.3 is 0 Å². The minimum Gasteiger partial charge on any atom is -0.497 e. The number of amides is 1. The molecule has 0 atom stereocenters. The van der Waals surface area contributed by atoms with E-state index < -0.39 is 17.2 Å². The number of rotatable bonds is 4. The van der Waals surface area contributed by atoms with Crippen molar-refractivity contribution < 1.29 is 13.9 Å². The molecule has 2 aromatic carbocycles. The van der Waals surface area contributed by atoms with E-state index in [2.05, 4.69) is 10.00 Å². The summed E-state index contributed by atoms with van der Waals surface area (Å²) in [5.41, 5.74) is 1.04. The highest BCUT2D eigenvalue weighted by Gasteiger charge is 2.25. The van der Waals surface area contributed by atoms with Gasteiger partial charge in [-0.25, -0.2) is 9.07 Å². The van der Waals surface area contributed by atoms with E-state index >= 15 is 0 Å². The fraction of sp³-hybridized carbons (Fsp3) is 0.292. The first kappa shape index (κ1) is 21.5. The number of nitrogens with zero attached hydrogens (tertiary/aromatic N) is 4. The van der Waals surface area contributed by atoms with Gasteiger partial charge in [0.2, 0.25) is 5.43 Å². The van der Waals surface area contributed by atoms with Gasteiger partial charge in [-0.05, 0) is 49.7 Å². The van der Waals surface area contributed by atoms with E-state index in [1.54, 1.807) is 37.1 Å². The first-order valence-electron chi connectivity index (χ1n) is 10.5. The summed E-state index contributed by atoms with van der Waals surface area (Å²) in [5.74, 6) is -0.122. The number of methoxy groups -OCH3 is 1. The lowest BCUT2D eigenvalue weighted by molar-refractivity contribution is 0.0757. The number of benzene rings is 2. The van der Waals surface area contributed by atoms with Crippen LogP contribution in [0.5, 0.6) is 5.75 Å². The molecule has 1 fully saturated rings. The van der Waals surface area contributed by atoms with Crippen LogP contribution < -0.4 is 15.1 Å². The van der Waals surface area contributed by atoms with Crippen molar-refractivity contribution in [3.63, 3.8) is 0 Å². The zero-order valence-corrected chi connectivity index (χ0v) is 18.1. The van der Waals surface area contributed by atoms with Crippen LogP contribution in [0.4, 0.5) is 10.1 Å². The second kappa shape index (κ2) is 9.21. The van der Waals surface area contributed by atoms with E-state index in [0.717, 1.165) is 24.4 Å². The van der Waals surface area contributed by atoms with Gasteiger partial charge in [0.05, 0.1) is 7.11 Å². The number of aromatic nitrogens is 2. The smallest absolute Gasteiger partial charge is 0.278 e. The molecule has 8 heteroatoms. The molecule has 1 saturated heterocycles. The lowest BCUT2D eigenvalue weighted by Gasteiger charge is -2.24. The van der Waals surface area contributed by atoms with Crippen molar-refractivity contribution in [2.75, 3.05) is 38.2 Å². The molecule has 1 aliphatic heterocycles. The number of anilines is 1. The summed E-state index contributed by atoms with van der Waals surface area (Å²) in [7, 11) is 1.63. The first-order valence-corrected chi connectivity index (χ1v) is 10.5. The Kier molecular flexibility index (Phi) is 6.20. The monoisotopic (exact) mass is 436 g/mol. The zero-order chi connectivity index (χ0) is 22.7. The summed E-state index contributed by atoms with van der Waals surface area (Å²) in [6, 6.07) is 15.3. The molecule has 3 aromatic rings. The van der Waals surface area contributed by atoms with Crippen LogP contribution in [-0.4, -0.2) is 53.9 Å². The molecule has 0 saturated carbocycles. The van der Waals surface area contributed by atoms with Crippen molar-refractivity contribution in [2.45, 2.75) is 13.3 Å². The molecular weight excluding hydrogens is 411 g/mol. The SMILES string of the molecule is COc1ccc(N2CCCN(C(=O)c3nn(-c4ccccc4F)c(C)cc3=O)CC2)cc1. The van der Waals surface area contributed by atoms with Gasteiger partial charge in [-0.3, -0.25) is 9.59 Å². The van der Waals surface area contributed by atoms with Crippen LogP contribution in [0.15, 0.2) is 59.4 Å². The average molecular weight is 436 g/mol. The van der Waals surface area contributed by atoms with E-state index in [1.165, 1.54) is 16.8 Å². The van der Waals surface area contributed by atoms with Gasteiger partial charge in [-0.15, -0.1) is 0 Å². The number of carbonyl (C=O) groups is 1. The molecule has 0 bridgehead atoms. The second-order valence-corrected chi connectivity index (χ2v) is 7.69. The lowest BCUT2D eigenvalue weighted by Crippen LogP contribution is -2.39. The number of carbonyl (C=O) groups excluding carboxylic acids is 1. The number of ether oxygens (including phenoxy) is 1. The minimum absolute atomic E-state index is 0.195. The van der Waals surface area contributed by atoms with Crippen LogP contribution in [0.25, 0.3) is 5.69 Å². The van der Waals surface area contributed by atoms with Crippen molar-refractivity contribution >= 4 is 11.6 Å². The minimum atomic E-state index is -0.477. The molecule has 0 N–H and O–H groups in total. The predicted molar refractivity (Wildman–Crippen MR) is 120 cm³/mol. The molecule has 0 radical (unpaired) electrons. The van der Waals surface area contributed by atoms with Crippen molar-refractivity contribution in [3.8, 4) is 11.4 Å². The second-order valence-electron chi connectivity index (χ2n) is 7.69. The summed E-state index contributed by atoms with van der Waals surface area (Å²) in [4.78, 5) is 29.6. The molecule has 32 heavy (non-hydrogen) atoms. The Bertz CT molecular complexity index is 1180. The summed E-state index contributed by atoms with van der Waals surface area (Å²) >= 11 is 0. The maximum absolute atomic E-state index is 14.3. The molecule has 0 aliphatic carbocycles. The van der Waals surface area contributed by atoms with Crippen LogP contribution in [-0.2, 0) is 0 Å². The predicted octanol–water partition coefficient (Wildman–Crippen LogP) is 3.04. The molecule has 0 unspecified atom stereocenters. The van der Waals surface area contributed by atoms with Crippen LogP contribution in [0.2, 0.25) is 0 Å². The number of hydrogen-bond acceptors (Lipinski definition) is 5. The average Bonchev–Trinajstić information content (AvgIpc) is 3.06. The van der Waals surface area contributed by atoms with E-state index in [0.29, 0.717) is 25.3 Å². The maximum atomic E-state index is 14.3. The fourth-order valence-corrected chi connectivity index (χ4v) is 3.88. The fourth-order valence-electron chi connectivity index (χ4n) is 3.88. The van der Waals surface area contributed by atoms with Gasteiger partial charge in [-0.2, -0.15) is 5.10 Å². The van der Waals surface area contributed by atoms with E-state index in [4.69, 9.17) is 4.74 Å². The third-order valence-corrected chi connectivity index (χ3v) is 5.61.